The van der Waals surface area contributed by atoms with Gasteiger partial charge in [-0.3, -0.25) is 4.79 Å². The maximum absolute atomic E-state index is 13.6. The van der Waals surface area contributed by atoms with Gasteiger partial charge in [-0.2, -0.15) is 5.10 Å². The van der Waals surface area contributed by atoms with E-state index in [-0.39, 0.29) is 5.91 Å². The van der Waals surface area contributed by atoms with Crippen LogP contribution in [0.25, 0.3) is 5.69 Å². The molecule has 178 valence electrons. The van der Waals surface area contributed by atoms with Crippen molar-refractivity contribution in [2.24, 2.45) is 5.92 Å². The molecule has 6 heteroatoms. The van der Waals surface area contributed by atoms with E-state index in [0.29, 0.717) is 34.7 Å². The van der Waals surface area contributed by atoms with Crippen molar-refractivity contribution in [1.29, 1.82) is 0 Å². The number of halogens is 1. The number of para-hydroxylation sites is 1. The topological polar surface area (TPSA) is 47.4 Å². The molecule has 0 radical (unpaired) electrons. The van der Waals surface area contributed by atoms with Crippen LogP contribution in [-0.4, -0.2) is 27.1 Å². The molecule has 1 amide bonds. The number of aromatic nitrogens is 2. The fourth-order valence-corrected chi connectivity index (χ4v) is 4.21. The molecular formula is C29H28ClN3O2. The monoisotopic (exact) mass is 485 g/mol. The zero-order valence-corrected chi connectivity index (χ0v) is 20.7. The van der Waals surface area contributed by atoms with E-state index in [2.05, 4.69) is 0 Å². The Hall–Kier alpha value is -3.57. The van der Waals surface area contributed by atoms with Crippen molar-refractivity contribution in [3.8, 4) is 17.3 Å². The highest BCUT2D eigenvalue weighted by molar-refractivity contribution is 6.30. The predicted octanol–water partition coefficient (Wildman–Crippen LogP) is 6.99. The average Bonchev–Trinajstić information content (AvgIpc) is 3.64. The molecule has 0 bridgehead atoms. The molecule has 1 aliphatic rings. The molecule has 0 saturated heterocycles. The van der Waals surface area contributed by atoms with Crippen LogP contribution in [-0.2, 0) is 6.54 Å². The first-order chi connectivity index (χ1) is 17.0. The molecule has 5 nitrogen and oxygen atoms in total. The second kappa shape index (κ2) is 9.96. The lowest BCUT2D eigenvalue weighted by Gasteiger charge is -2.23. The van der Waals surface area contributed by atoms with E-state index < -0.39 is 0 Å². The lowest BCUT2D eigenvalue weighted by atomic mass is 10.1. The number of amides is 1. The molecule has 3 aromatic carbocycles. The summed E-state index contributed by atoms with van der Waals surface area (Å²) in [4.78, 5) is 15.5. The first kappa shape index (κ1) is 23.2. The van der Waals surface area contributed by atoms with Gasteiger partial charge in [0.05, 0.1) is 23.5 Å². The van der Waals surface area contributed by atoms with Gasteiger partial charge in [-0.25, -0.2) is 4.68 Å². The molecule has 1 heterocycles. The van der Waals surface area contributed by atoms with E-state index in [1.165, 1.54) is 0 Å². The molecular weight excluding hydrogens is 458 g/mol. The van der Waals surface area contributed by atoms with Crippen molar-refractivity contribution in [2.45, 2.75) is 33.2 Å². The fourth-order valence-electron chi connectivity index (χ4n) is 4.08. The summed E-state index contributed by atoms with van der Waals surface area (Å²) in [6.45, 7) is 5.14. The minimum atomic E-state index is 0.0289. The Kier molecular flexibility index (Phi) is 6.60. The number of nitrogens with zero attached hydrogens (tertiary/aromatic N) is 3. The summed E-state index contributed by atoms with van der Waals surface area (Å²) in [5.74, 6) is 1.84. The van der Waals surface area contributed by atoms with Gasteiger partial charge in [0.1, 0.15) is 5.75 Å². The normalized spacial score (nSPS) is 13.0. The van der Waals surface area contributed by atoms with Gasteiger partial charge in [-0.1, -0.05) is 47.5 Å². The second-order valence-electron chi connectivity index (χ2n) is 9.17. The molecule has 1 fully saturated rings. The van der Waals surface area contributed by atoms with E-state index in [4.69, 9.17) is 21.4 Å². The Morgan fingerprint density at radius 3 is 2.34 bits per heavy atom. The van der Waals surface area contributed by atoms with Crippen LogP contribution in [0.3, 0.4) is 0 Å². The summed E-state index contributed by atoms with van der Waals surface area (Å²) < 4.78 is 8.21. The lowest BCUT2D eigenvalue weighted by Crippen LogP contribution is -2.32. The summed E-state index contributed by atoms with van der Waals surface area (Å²) >= 11 is 6.09. The average molecular weight is 486 g/mol. The van der Waals surface area contributed by atoms with Gasteiger partial charge >= 0.3 is 0 Å². The van der Waals surface area contributed by atoms with Crippen LogP contribution in [0.15, 0.2) is 78.9 Å². The Balaban J connectivity index is 1.53. The third kappa shape index (κ3) is 5.41. The SMILES string of the molecule is Cc1ccc(C(=O)N(Cc2c(C)nn(-c3ccccc3)c2Oc2ccc(Cl)cc2)CC2CC2)cc1. The summed E-state index contributed by atoms with van der Waals surface area (Å²) in [6.07, 6.45) is 2.32. The van der Waals surface area contributed by atoms with Gasteiger partial charge in [-0.15, -0.1) is 0 Å². The first-order valence-corrected chi connectivity index (χ1v) is 12.3. The van der Waals surface area contributed by atoms with E-state index in [1.807, 2.05) is 90.2 Å². The van der Waals surface area contributed by atoms with Crippen molar-refractivity contribution in [3.63, 3.8) is 0 Å². The zero-order chi connectivity index (χ0) is 24.4. The number of carbonyl (C=O) groups is 1. The Morgan fingerprint density at radius 1 is 1.00 bits per heavy atom. The van der Waals surface area contributed by atoms with Gasteiger partial charge in [0.15, 0.2) is 0 Å². The Labute approximate surface area is 210 Å². The standard InChI is InChI=1S/C29H28ClN3O2/c1-20-8-12-23(13-9-20)28(34)32(18-22-10-11-22)19-27-21(2)31-33(25-6-4-3-5-7-25)29(27)35-26-16-14-24(30)15-17-26/h3-9,12-17,22H,10-11,18-19H2,1-2H3. The smallest absolute Gasteiger partial charge is 0.254 e. The summed E-state index contributed by atoms with van der Waals surface area (Å²) in [5.41, 5.74) is 4.45. The number of carbonyl (C=O) groups excluding carboxylic acids is 1. The van der Waals surface area contributed by atoms with Crippen LogP contribution in [0.2, 0.25) is 5.02 Å². The highest BCUT2D eigenvalue weighted by Crippen LogP contribution is 2.35. The number of hydrogen-bond acceptors (Lipinski definition) is 3. The molecule has 0 unspecified atom stereocenters. The van der Waals surface area contributed by atoms with Crippen molar-refractivity contribution in [1.82, 2.24) is 14.7 Å². The maximum Gasteiger partial charge on any atom is 0.254 e. The molecule has 4 aromatic rings. The molecule has 0 aliphatic heterocycles. The zero-order valence-electron chi connectivity index (χ0n) is 19.9. The second-order valence-corrected chi connectivity index (χ2v) is 9.60. The summed E-state index contributed by atoms with van der Waals surface area (Å²) in [7, 11) is 0. The molecule has 35 heavy (non-hydrogen) atoms. The minimum absolute atomic E-state index is 0.0289. The minimum Gasteiger partial charge on any atom is -0.439 e. The van der Waals surface area contributed by atoms with Gasteiger partial charge < -0.3 is 9.64 Å². The molecule has 1 aliphatic carbocycles. The lowest BCUT2D eigenvalue weighted by molar-refractivity contribution is 0.0733. The Morgan fingerprint density at radius 2 is 1.69 bits per heavy atom. The summed E-state index contributed by atoms with van der Waals surface area (Å²) in [6, 6.07) is 24.9. The highest BCUT2D eigenvalue weighted by atomic mass is 35.5. The number of ether oxygens (including phenoxy) is 1. The molecule has 5 rings (SSSR count). The highest BCUT2D eigenvalue weighted by Gasteiger charge is 2.30. The quantitative estimate of drug-likeness (QED) is 0.270. The van der Waals surface area contributed by atoms with Crippen molar-refractivity contribution in [3.05, 3.63) is 106 Å². The van der Waals surface area contributed by atoms with Crippen molar-refractivity contribution in [2.75, 3.05) is 6.54 Å². The van der Waals surface area contributed by atoms with Crippen LogP contribution < -0.4 is 4.74 Å². The van der Waals surface area contributed by atoms with E-state index in [9.17, 15) is 4.79 Å². The molecule has 1 aromatic heterocycles. The van der Waals surface area contributed by atoms with E-state index >= 15 is 0 Å². The van der Waals surface area contributed by atoms with Gasteiger partial charge in [0.25, 0.3) is 5.91 Å². The molecule has 0 N–H and O–H groups in total. The van der Waals surface area contributed by atoms with E-state index in [0.717, 1.165) is 41.9 Å². The largest absolute Gasteiger partial charge is 0.439 e. The van der Waals surface area contributed by atoms with Crippen molar-refractivity contribution < 1.29 is 9.53 Å². The van der Waals surface area contributed by atoms with Crippen molar-refractivity contribution >= 4 is 17.5 Å². The first-order valence-electron chi connectivity index (χ1n) is 11.9. The molecule has 0 atom stereocenters. The third-order valence-corrected chi connectivity index (χ3v) is 6.53. The maximum atomic E-state index is 13.6. The molecule has 1 saturated carbocycles. The van der Waals surface area contributed by atoms with Gasteiger partial charge in [0, 0.05) is 17.1 Å². The number of hydrogen-bond donors (Lipinski definition) is 0. The van der Waals surface area contributed by atoms with Crippen LogP contribution >= 0.6 is 11.6 Å². The predicted molar refractivity (Wildman–Crippen MR) is 138 cm³/mol. The third-order valence-electron chi connectivity index (χ3n) is 6.28. The number of rotatable bonds is 8. The fraction of sp³-hybridized carbons (Fsp3) is 0.241. The van der Waals surface area contributed by atoms with Crippen LogP contribution in [0.4, 0.5) is 0 Å². The number of aryl methyl sites for hydroxylation is 2. The summed E-state index contributed by atoms with van der Waals surface area (Å²) in [5, 5.41) is 5.46. The van der Waals surface area contributed by atoms with Crippen LogP contribution in [0.1, 0.15) is 40.0 Å². The van der Waals surface area contributed by atoms with Gasteiger partial charge in [0.2, 0.25) is 5.88 Å². The van der Waals surface area contributed by atoms with Crippen LogP contribution in [0, 0.1) is 19.8 Å². The van der Waals surface area contributed by atoms with Gasteiger partial charge in [-0.05, 0) is 81.1 Å². The molecule has 0 spiro atoms. The number of benzene rings is 3. The van der Waals surface area contributed by atoms with Crippen LogP contribution in [0.5, 0.6) is 11.6 Å². The van der Waals surface area contributed by atoms with E-state index in [1.54, 1.807) is 12.1 Å². The Bertz CT molecular complexity index is 1310.